The molecule has 2 atom stereocenters. The van der Waals surface area contributed by atoms with Gasteiger partial charge in [0.2, 0.25) is 0 Å². The lowest BCUT2D eigenvalue weighted by molar-refractivity contribution is 0.0496. The molecule has 0 bridgehead atoms. The normalized spacial score (nSPS) is 19.4. The third kappa shape index (κ3) is 2.12. The van der Waals surface area contributed by atoms with Gasteiger partial charge in [0.05, 0.1) is 4.34 Å². The zero-order valence-electron chi connectivity index (χ0n) is 9.27. The number of halogens is 2. The second-order valence-corrected chi connectivity index (χ2v) is 6.48. The van der Waals surface area contributed by atoms with Crippen molar-refractivity contribution in [1.82, 2.24) is 0 Å². The first-order chi connectivity index (χ1) is 8.65. The van der Waals surface area contributed by atoms with Crippen LogP contribution in [0, 0.1) is 0 Å². The summed E-state index contributed by atoms with van der Waals surface area (Å²) >= 11 is 13.2. The van der Waals surface area contributed by atoms with Crippen molar-refractivity contribution in [2.24, 2.45) is 0 Å². The Hall–Kier alpha value is -0.740. The van der Waals surface area contributed by atoms with Gasteiger partial charge in [-0.05, 0) is 17.7 Å². The molecular formula is C13H10Cl2O2S. The molecule has 1 aliphatic rings. The van der Waals surface area contributed by atoms with Gasteiger partial charge in [-0.3, -0.25) is 0 Å². The quantitative estimate of drug-likeness (QED) is 0.905. The minimum atomic E-state index is -0.756. The number of para-hydroxylation sites is 1. The lowest BCUT2D eigenvalue weighted by Crippen LogP contribution is -2.22. The number of aliphatic hydroxyl groups excluding tert-OH is 1. The fourth-order valence-electron chi connectivity index (χ4n) is 2.14. The Morgan fingerprint density at radius 3 is 2.78 bits per heavy atom. The maximum atomic E-state index is 10.3. The van der Waals surface area contributed by atoms with Crippen molar-refractivity contribution in [2.75, 3.05) is 0 Å². The summed E-state index contributed by atoms with van der Waals surface area (Å²) in [6.45, 7) is 0. The smallest absolute Gasteiger partial charge is 0.133 e. The summed E-state index contributed by atoms with van der Waals surface area (Å²) < 4.78 is 6.83. The van der Waals surface area contributed by atoms with E-state index in [1.54, 1.807) is 6.07 Å². The van der Waals surface area contributed by atoms with E-state index in [1.807, 2.05) is 24.3 Å². The number of fused-ring (bicyclic) bond motifs is 1. The Bertz CT molecular complexity index is 557. The molecule has 2 unspecified atom stereocenters. The molecule has 1 aliphatic heterocycles. The van der Waals surface area contributed by atoms with Crippen LogP contribution in [0.2, 0.25) is 8.67 Å². The van der Waals surface area contributed by atoms with Gasteiger partial charge in [-0.25, -0.2) is 0 Å². The van der Waals surface area contributed by atoms with Gasteiger partial charge in [-0.1, -0.05) is 41.4 Å². The predicted octanol–water partition coefficient (Wildman–Crippen LogP) is 4.09. The second kappa shape index (κ2) is 4.74. The third-order valence-corrected chi connectivity index (χ3v) is 4.54. The molecular weight excluding hydrogens is 291 g/mol. The van der Waals surface area contributed by atoms with E-state index >= 15 is 0 Å². The van der Waals surface area contributed by atoms with Crippen LogP contribution in [0.3, 0.4) is 0 Å². The van der Waals surface area contributed by atoms with Crippen molar-refractivity contribution in [2.45, 2.75) is 18.6 Å². The number of thiophene rings is 1. The van der Waals surface area contributed by atoms with Gasteiger partial charge >= 0.3 is 0 Å². The van der Waals surface area contributed by atoms with Crippen LogP contribution in [0.25, 0.3) is 0 Å². The Labute approximate surface area is 119 Å². The molecule has 0 saturated heterocycles. The Balaban J connectivity index is 1.84. The predicted molar refractivity (Wildman–Crippen MR) is 73.9 cm³/mol. The van der Waals surface area contributed by atoms with E-state index in [-0.39, 0.29) is 6.10 Å². The van der Waals surface area contributed by atoms with Crippen LogP contribution in [-0.2, 0) is 6.42 Å². The van der Waals surface area contributed by atoms with Gasteiger partial charge in [0.1, 0.15) is 22.3 Å². The second-order valence-electron chi connectivity index (χ2n) is 4.19. The zero-order chi connectivity index (χ0) is 12.7. The van der Waals surface area contributed by atoms with Crippen LogP contribution in [0.5, 0.6) is 5.75 Å². The maximum Gasteiger partial charge on any atom is 0.133 e. The number of aliphatic hydroxyl groups is 1. The summed E-state index contributed by atoms with van der Waals surface area (Å²) in [7, 11) is 0. The van der Waals surface area contributed by atoms with Crippen LogP contribution in [0.15, 0.2) is 30.3 Å². The lowest BCUT2D eigenvalue weighted by atomic mass is 10.0. The van der Waals surface area contributed by atoms with E-state index in [0.29, 0.717) is 20.7 Å². The largest absolute Gasteiger partial charge is 0.487 e. The van der Waals surface area contributed by atoms with Crippen LogP contribution < -0.4 is 4.74 Å². The molecule has 2 aromatic rings. The van der Waals surface area contributed by atoms with Crippen molar-refractivity contribution < 1.29 is 9.84 Å². The summed E-state index contributed by atoms with van der Waals surface area (Å²) in [5.41, 5.74) is 1.75. The van der Waals surface area contributed by atoms with Crippen molar-refractivity contribution in [3.8, 4) is 5.75 Å². The highest BCUT2D eigenvalue weighted by Crippen LogP contribution is 2.40. The molecule has 1 aromatic heterocycles. The summed E-state index contributed by atoms with van der Waals surface area (Å²) in [6, 6.07) is 9.49. The topological polar surface area (TPSA) is 29.5 Å². The lowest BCUT2D eigenvalue weighted by Gasteiger charge is -2.17. The van der Waals surface area contributed by atoms with E-state index in [1.165, 1.54) is 11.3 Å². The fourth-order valence-corrected chi connectivity index (χ4v) is 3.68. The standard InChI is InChI=1S/C13H10Cl2O2S/c14-11-6-8(13(15)18-11)12(16)10-5-7-3-1-2-4-9(7)17-10/h1-4,6,10,12,16H,5H2. The Kier molecular flexibility index (Phi) is 3.24. The van der Waals surface area contributed by atoms with Crippen molar-refractivity contribution in [3.05, 3.63) is 50.1 Å². The highest BCUT2D eigenvalue weighted by Gasteiger charge is 2.31. The minimum Gasteiger partial charge on any atom is -0.487 e. The van der Waals surface area contributed by atoms with Gasteiger partial charge in [-0.2, -0.15) is 0 Å². The molecule has 2 nitrogen and oxygen atoms in total. The summed E-state index contributed by atoms with van der Waals surface area (Å²) in [5.74, 6) is 0.832. The molecule has 0 spiro atoms. The molecule has 0 amide bonds. The van der Waals surface area contributed by atoms with Crippen molar-refractivity contribution in [1.29, 1.82) is 0 Å². The van der Waals surface area contributed by atoms with E-state index in [4.69, 9.17) is 27.9 Å². The summed E-state index contributed by atoms with van der Waals surface area (Å²) in [5, 5.41) is 10.3. The molecule has 1 N–H and O–H groups in total. The first kappa shape index (κ1) is 12.3. The van der Waals surface area contributed by atoms with Crippen LogP contribution in [-0.4, -0.2) is 11.2 Å². The number of rotatable bonds is 2. The van der Waals surface area contributed by atoms with E-state index < -0.39 is 6.10 Å². The first-order valence-corrected chi connectivity index (χ1v) is 7.10. The average molecular weight is 301 g/mol. The van der Waals surface area contributed by atoms with E-state index in [2.05, 4.69) is 0 Å². The molecule has 0 aliphatic carbocycles. The summed E-state index contributed by atoms with van der Waals surface area (Å²) in [4.78, 5) is 0. The molecule has 0 saturated carbocycles. The van der Waals surface area contributed by atoms with Gasteiger partial charge in [0.25, 0.3) is 0 Å². The van der Waals surface area contributed by atoms with Gasteiger partial charge in [0.15, 0.2) is 0 Å². The van der Waals surface area contributed by atoms with Crippen molar-refractivity contribution >= 4 is 34.5 Å². The van der Waals surface area contributed by atoms with E-state index in [9.17, 15) is 5.11 Å². The molecule has 1 aromatic carbocycles. The number of hydrogen-bond donors (Lipinski definition) is 1. The maximum absolute atomic E-state index is 10.3. The fraction of sp³-hybridized carbons (Fsp3) is 0.231. The Morgan fingerprint density at radius 2 is 2.11 bits per heavy atom. The Morgan fingerprint density at radius 1 is 1.33 bits per heavy atom. The zero-order valence-corrected chi connectivity index (χ0v) is 11.6. The van der Waals surface area contributed by atoms with E-state index in [0.717, 1.165) is 11.3 Å². The molecule has 5 heteroatoms. The summed E-state index contributed by atoms with van der Waals surface area (Å²) in [6.07, 6.45) is -0.375. The number of hydrogen-bond acceptors (Lipinski definition) is 3. The molecule has 2 heterocycles. The highest BCUT2D eigenvalue weighted by molar-refractivity contribution is 7.20. The monoisotopic (exact) mass is 300 g/mol. The number of ether oxygens (including phenoxy) is 1. The molecule has 0 fully saturated rings. The van der Waals surface area contributed by atoms with Gasteiger partial charge < -0.3 is 9.84 Å². The number of benzene rings is 1. The minimum absolute atomic E-state index is 0.300. The van der Waals surface area contributed by atoms with Crippen molar-refractivity contribution in [3.63, 3.8) is 0 Å². The van der Waals surface area contributed by atoms with Gasteiger partial charge in [-0.15, -0.1) is 11.3 Å². The van der Waals surface area contributed by atoms with Crippen LogP contribution >= 0.6 is 34.5 Å². The SMILES string of the molecule is OC(c1cc(Cl)sc1Cl)C1Cc2ccccc2O1. The first-order valence-electron chi connectivity index (χ1n) is 5.52. The molecule has 3 rings (SSSR count). The average Bonchev–Trinajstić information content (AvgIpc) is 2.91. The highest BCUT2D eigenvalue weighted by atomic mass is 35.5. The third-order valence-electron chi connectivity index (χ3n) is 3.03. The molecule has 94 valence electrons. The van der Waals surface area contributed by atoms with Crippen LogP contribution in [0.1, 0.15) is 17.2 Å². The molecule has 0 radical (unpaired) electrons. The van der Waals surface area contributed by atoms with Crippen LogP contribution in [0.4, 0.5) is 0 Å². The molecule has 18 heavy (non-hydrogen) atoms. The van der Waals surface area contributed by atoms with Gasteiger partial charge in [0, 0.05) is 12.0 Å².